The van der Waals surface area contributed by atoms with Gasteiger partial charge >= 0.3 is 35.8 Å². The van der Waals surface area contributed by atoms with Crippen LogP contribution >= 0.6 is 0 Å². The van der Waals surface area contributed by atoms with E-state index in [9.17, 15) is 49.2 Å². The molecule has 0 saturated heterocycles. The first kappa shape index (κ1) is 46.9. The summed E-state index contributed by atoms with van der Waals surface area (Å²) < 4.78 is 11.3. The normalized spacial score (nSPS) is 11.7. The molecular formula is C53H45NO12. The van der Waals surface area contributed by atoms with Gasteiger partial charge in [-0.3, -0.25) is 0 Å². The van der Waals surface area contributed by atoms with E-state index >= 15 is 0 Å². The highest BCUT2D eigenvalue weighted by molar-refractivity contribution is 6.23. The van der Waals surface area contributed by atoms with Gasteiger partial charge in [0.15, 0.2) is 0 Å². The fourth-order valence-corrected chi connectivity index (χ4v) is 7.32. The van der Waals surface area contributed by atoms with E-state index in [0.717, 1.165) is 41.2 Å². The van der Waals surface area contributed by atoms with Crippen LogP contribution in [0.3, 0.4) is 0 Å². The van der Waals surface area contributed by atoms with Crippen molar-refractivity contribution in [1.82, 2.24) is 0 Å². The summed E-state index contributed by atoms with van der Waals surface area (Å²) in [4.78, 5) is 75.1. The zero-order valence-electron chi connectivity index (χ0n) is 36.8. The Hall–Kier alpha value is -8.58. The summed E-state index contributed by atoms with van der Waals surface area (Å²) in [5.41, 5.74) is 5.39. The number of esters is 2. The molecule has 0 radical (unpaired) electrons. The Kier molecular flexibility index (Phi) is 13.8. The third-order valence-corrected chi connectivity index (χ3v) is 10.2. The molecule has 334 valence electrons. The van der Waals surface area contributed by atoms with Crippen LogP contribution in [-0.2, 0) is 14.3 Å². The topological polar surface area (TPSA) is 214 Å². The van der Waals surface area contributed by atoms with Crippen molar-refractivity contribution in [3.05, 3.63) is 183 Å². The molecule has 0 saturated carbocycles. The summed E-state index contributed by atoms with van der Waals surface area (Å²) in [6.07, 6.45) is 2.89. The van der Waals surface area contributed by atoms with Crippen LogP contribution in [-0.4, -0.2) is 61.8 Å². The number of nitrogens with one attached hydrogen (secondary N) is 1. The van der Waals surface area contributed by atoms with Crippen LogP contribution in [0.5, 0.6) is 5.75 Å². The minimum Gasteiger partial charge on any atom is -0.478 e. The molecule has 0 bridgehead atoms. The lowest BCUT2D eigenvalue weighted by Crippen LogP contribution is -2.24. The lowest BCUT2D eigenvalue weighted by Gasteiger charge is -2.21. The summed E-state index contributed by atoms with van der Waals surface area (Å²) >= 11 is 0. The monoisotopic (exact) mass is 887 g/mol. The van der Waals surface area contributed by atoms with Crippen LogP contribution < -0.4 is 10.1 Å². The maximum Gasteiger partial charge on any atom is 0.344 e. The number of carboxylic acid groups (broad SMARTS) is 4. The van der Waals surface area contributed by atoms with Gasteiger partial charge in [0.2, 0.25) is 0 Å². The smallest absolute Gasteiger partial charge is 0.344 e. The van der Waals surface area contributed by atoms with Crippen LogP contribution in [0.15, 0.2) is 121 Å². The fourth-order valence-electron chi connectivity index (χ4n) is 7.32. The van der Waals surface area contributed by atoms with Crippen LogP contribution in [0.25, 0.3) is 34.4 Å². The van der Waals surface area contributed by atoms with Crippen LogP contribution in [0.4, 0.5) is 11.4 Å². The first-order valence-electron chi connectivity index (χ1n) is 20.4. The zero-order chi connectivity index (χ0) is 48.0. The van der Waals surface area contributed by atoms with E-state index in [0.29, 0.717) is 11.1 Å². The Labute approximate surface area is 379 Å². The van der Waals surface area contributed by atoms with Crippen molar-refractivity contribution in [3.63, 3.8) is 0 Å². The minimum absolute atomic E-state index is 0.0414. The van der Waals surface area contributed by atoms with Gasteiger partial charge in [0, 0.05) is 11.4 Å². The summed E-state index contributed by atoms with van der Waals surface area (Å²) in [6.45, 7) is 11.2. The molecule has 66 heavy (non-hydrogen) atoms. The molecule has 0 amide bonds. The van der Waals surface area contributed by atoms with E-state index in [1.54, 1.807) is 45.0 Å². The third-order valence-electron chi connectivity index (χ3n) is 10.2. The number of aryl methyl sites for hydroxylation is 3. The van der Waals surface area contributed by atoms with E-state index in [-0.39, 0.29) is 28.0 Å². The Morgan fingerprint density at radius 1 is 0.500 bits per heavy atom. The molecule has 13 nitrogen and oxygen atoms in total. The molecule has 0 aliphatic heterocycles. The van der Waals surface area contributed by atoms with Gasteiger partial charge in [0.25, 0.3) is 0 Å². The van der Waals surface area contributed by atoms with Crippen molar-refractivity contribution in [1.29, 1.82) is 0 Å². The van der Waals surface area contributed by atoms with Crippen LogP contribution in [0.1, 0.15) is 101 Å². The van der Waals surface area contributed by atoms with Gasteiger partial charge in [-0.15, -0.1) is 0 Å². The maximum absolute atomic E-state index is 14.0. The Morgan fingerprint density at radius 2 is 0.909 bits per heavy atom. The molecule has 5 N–H and O–H groups in total. The highest BCUT2D eigenvalue weighted by Gasteiger charge is 2.25. The summed E-state index contributed by atoms with van der Waals surface area (Å²) in [5.74, 6) is -7.63. The molecular weight excluding hydrogens is 843 g/mol. The second-order valence-corrected chi connectivity index (χ2v) is 16.4. The number of benzene rings is 6. The van der Waals surface area contributed by atoms with E-state index in [1.807, 2.05) is 12.1 Å². The fraction of sp³-hybridized carbons (Fsp3) is 0.132. The van der Waals surface area contributed by atoms with Gasteiger partial charge in [-0.1, -0.05) is 66.2 Å². The first-order valence-corrected chi connectivity index (χ1v) is 20.4. The van der Waals surface area contributed by atoms with Crippen molar-refractivity contribution < 1.29 is 58.7 Å². The van der Waals surface area contributed by atoms with E-state index in [4.69, 9.17) is 9.47 Å². The average Bonchev–Trinajstić information content (AvgIpc) is 3.25. The molecule has 0 heterocycles. The molecule has 0 aliphatic carbocycles. The summed E-state index contributed by atoms with van der Waals surface area (Å²) in [6, 6.07) is 32.3. The first-order chi connectivity index (χ1) is 31.2. The number of rotatable bonds is 14. The van der Waals surface area contributed by atoms with Gasteiger partial charge in [-0.25, -0.2) is 28.8 Å². The number of hydrogen-bond donors (Lipinski definition) is 5. The largest absolute Gasteiger partial charge is 0.478 e. The Balaban J connectivity index is 1.30. The van der Waals surface area contributed by atoms with Gasteiger partial charge in [0.05, 0.1) is 33.4 Å². The third kappa shape index (κ3) is 11.3. The second kappa shape index (κ2) is 19.4. The number of carbonyl (C=O) groups excluding carboxylic acids is 2. The molecule has 0 spiro atoms. The number of aromatic carboxylic acids is 4. The van der Waals surface area contributed by atoms with Crippen molar-refractivity contribution in [2.24, 2.45) is 0 Å². The van der Waals surface area contributed by atoms with Gasteiger partial charge in [0.1, 0.15) is 11.4 Å². The number of anilines is 2. The molecule has 0 aliphatic rings. The lowest BCUT2D eigenvalue weighted by atomic mass is 9.94. The van der Waals surface area contributed by atoms with Crippen molar-refractivity contribution in [3.8, 4) is 16.9 Å². The minimum atomic E-state index is -1.51. The molecule has 6 rings (SSSR count). The molecule has 13 heteroatoms. The number of carbonyl (C=O) groups is 6. The number of hydrogen-bond acceptors (Lipinski definition) is 9. The zero-order valence-corrected chi connectivity index (χ0v) is 36.8. The molecule has 0 fully saturated rings. The van der Waals surface area contributed by atoms with Gasteiger partial charge in [-0.2, -0.15) is 0 Å². The molecule has 6 aromatic carbocycles. The predicted octanol–water partition coefficient (Wildman–Crippen LogP) is 10.8. The van der Waals surface area contributed by atoms with E-state index in [1.165, 1.54) is 70.8 Å². The van der Waals surface area contributed by atoms with Gasteiger partial charge < -0.3 is 35.2 Å². The van der Waals surface area contributed by atoms with Gasteiger partial charge in [-0.05, 0) is 159 Å². The van der Waals surface area contributed by atoms with Crippen LogP contribution in [0, 0.1) is 20.8 Å². The molecule has 0 unspecified atom stereocenters. The lowest BCUT2D eigenvalue weighted by molar-refractivity contribution is -0.147. The van der Waals surface area contributed by atoms with Crippen molar-refractivity contribution in [2.75, 3.05) is 5.32 Å². The summed E-state index contributed by atoms with van der Waals surface area (Å²) in [7, 11) is 0. The SMILES string of the molecule is Cc1cc(C)c(-c2ccc(Nc3ccc(/C=C(\C(=O)Oc4ccc(/C=C(\C(=O)OC(C)(C)C)c5ccc(C(=O)O)c(C(=O)O)c5)cc4)c4ccc(C(=O)O)c(C(=O)O)c4)cc3)cc2)c(C)c1. The second-order valence-electron chi connectivity index (χ2n) is 16.4. The average molecular weight is 888 g/mol. The standard InChI is InChI=1S/C53H45NO12/c1-29-23-30(2)46(31(3)24-29)34-11-17-38(18-12-34)54-37-15-7-32(8-16-37)25-42(35-13-21-40(47(55)56)44(27-35)49(59)60)51(63)65-39-19-9-33(10-20-39)26-43(52(64)66-53(4,5)6)36-14-22-41(48(57)58)45(28-36)50(61)62/h7-28,54H,1-6H3,(H,55,56)(H,57,58)(H,59,60)(H,61,62)/b42-25-,43-26-. The Bertz CT molecular complexity index is 2950. The molecule has 0 aromatic heterocycles. The predicted molar refractivity (Wildman–Crippen MR) is 250 cm³/mol. The quantitative estimate of drug-likeness (QED) is 0.0298. The van der Waals surface area contributed by atoms with Crippen molar-refractivity contribution >= 4 is 70.5 Å². The highest BCUT2D eigenvalue weighted by Crippen LogP contribution is 2.32. The van der Waals surface area contributed by atoms with E-state index in [2.05, 4.69) is 50.4 Å². The number of carboxylic acids is 4. The van der Waals surface area contributed by atoms with Crippen molar-refractivity contribution in [2.45, 2.75) is 47.1 Å². The highest BCUT2D eigenvalue weighted by atomic mass is 16.6. The number of ether oxygens (including phenoxy) is 2. The molecule has 6 aromatic rings. The van der Waals surface area contributed by atoms with E-state index < -0.39 is 63.7 Å². The Morgan fingerprint density at radius 3 is 1.33 bits per heavy atom. The molecule has 0 atom stereocenters. The summed E-state index contributed by atoms with van der Waals surface area (Å²) in [5, 5.41) is 42.1. The maximum atomic E-state index is 14.0. The van der Waals surface area contributed by atoms with Crippen LogP contribution in [0.2, 0.25) is 0 Å².